The molecule has 0 aliphatic carbocycles. The number of carbonyl (C=O) groups excluding carboxylic acids is 2. The lowest BCUT2D eigenvalue weighted by Crippen LogP contribution is -2.47. The maximum Gasteiger partial charge on any atom is 0.235 e. The molecule has 0 saturated heterocycles. The Hall–Kier alpha value is -3.37. The smallest absolute Gasteiger partial charge is 0.235 e. The summed E-state index contributed by atoms with van der Waals surface area (Å²) in [5, 5.41) is 1.15. The highest BCUT2D eigenvalue weighted by Gasteiger charge is 2.31. The van der Waals surface area contributed by atoms with Crippen molar-refractivity contribution >= 4 is 61.6 Å². The van der Waals surface area contributed by atoms with E-state index in [2.05, 4.69) is 0 Å². The average Bonchev–Trinajstić information content (AvgIpc) is 3.20. The van der Waals surface area contributed by atoms with Crippen LogP contribution in [-0.2, 0) is 21.4 Å². The summed E-state index contributed by atoms with van der Waals surface area (Å²) in [6.45, 7) is 3.78. The van der Waals surface area contributed by atoms with Crippen LogP contribution in [0.15, 0.2) is 65.1 Å². The van der Waals surface area contributed by atoms with Gasteiger partial charge >= 0.3 is 0 Å². The van der Waals surface area contributed by atoms with Gasteiger partial charge in [0.2, 0.25) is 21.7 Å². The van der Waals surface area contributed by atoms with Crippen LogP contribution >= 0.6 is 23.2 Å². The van der Waals surface area contributed by atoms with Crippen molar-refractivity contribution in [2.75, 3.05) is 12.0 Å². The van der Waals surface area contributed by atoms with Gasteiger partial charge in [0.25, 0.3) is 0 Å². The molecule has 210 valence electrons. The van der Waals surface area contributed by atoms with E-state index in [1.807, 2.05) is 32.0 Å². The third-order valence-corrected chi connectivity index (χ3v) is 8.29. The molecule has 4 N–H and O–H groups in total. The first-order valence-corrected chi connectivity index (χ1v) is 15.0. The Labute approximate surface area is 242 Å². The number of rotatable bonds is 10. The molecule has 0 radical (unpaired) electrons. The minimum absolute atomic E-state index is 0.0244. The lowest BCUT2D eigenvalue weighted by Gasteiger charge is -2.28. The fourth-order valence-corrected chi connectivity index (χ4v) is 6.10. The second-order valence-electron chi connectivity index (χ2n) is 10.1. The van der Waals surface area contributed by atoms with Crippen molar-refractivity contribution in [1.82, 2.24) is 4.31 Å². The molecule has 0 bridgehead atoms. The number of carbonyl (C=O) groups is 2. The Morgan fingerprint density at radius 1 is 1.00 bits per heavy atom. The van der Waals surface area contributed by atoms with Crippen molar-refractivity contribution in [3.05, 3.63) is 87.6 Å². The monoisotopic (exact) mass is 601 g/mol. The van der Waals surface area contributed by atoms with Crippen LogP contribution < -0.4 is 11.5 Å². The van der Waals surface area contributed by atoms with E-state index in [4.69, 9.17) is 39.1 Å². The van der Waals surface area contributed by atoms with Crippen molar-refractivity contribution in [3.8, 4) is 11.1 Å². The quantitative estimate of drug-likeness (QED) is 0.218. The number of fused-ring (bicyclic) bond motifs is 1. The predicted molar refractivity (Wildman–Crippen MR) is 159 cm³/mol. The summed E-state index contributed by atoms with van der Waals surface area (Å²) in [4.78, 5) is 25.3. The van der Waals surface area contributed by atoms with E-state index in [0.717, 1.165) is 21.7 Å². The number of ketones is 1. The number of furan rings is 1. The molecule has 1 amide bonds. The van der Waals surface area contributed by atoms with E-state index in [0.29, 0.717) is 28.0 Å². The number of nitrogens with zero attached hydrogens (tertiary/aromatic N) is 1. The Kier molecular flexibility index (Phi) is 8.60. The van der Waals surface area contributed by atoms with Crippen molar-refractivity contribution in [2.45, 2.75) is 32.9 Å². The van der Waals surface area contributed by atoms with Crippen molar-refractivity contribution in [2.24, 2.45) is 11.7 Å². The third-order valence-electron chi connectivity index (χ3n) is 6.51. The number of nitrogen functional groups attached to an aromatic ring is 1. The van der Waals surface area contributed by atoms with Gasteiger partial charge in [-0.05, 0) is 65.4 Å². The molecule has 1 atom stereocenters. The van der Waals surface area contributed by atoms with Gasteiger partial charge in [0, 0.05) is 22.5 Å². The Morgan fingerprint density at radius 2 is 1.70 bits per heavy atom. The molecule has 3 aromatic carbocycles. The molecule has 0 unspecified atom stereocenters. The number of anilines is 1. The third kappa shape index (κ3) is 6.33. The predicted octanol–water partition coefficient (Wildman–Crippen LogP) is 5.88. The number of hydrogen-bond donors (Lipinski definition) is 2. The van der Waals surface area contributed by atoms with Crippen LogP contribution in [0.2, 0.25) is 10.0 Å². The summed E-state index contributed by atoms with van der Waals surface area (Å²) in [5.74, 6) is -1.13. The number of amides is 1. The van der Waals surface area contributed by atoms with E-state index in [1.165, 1.54) is 12.1 Å². The van der Waals surface area contributed by atoms with Crippen LogP contribution in [0.4, 0.5) is 5.69 Å². The molecule has 0 fully saturated rings. The van der Waals surface area contributed by atoms with E-state index >= 15 is 0 Å². The van der Waals surface area contributed by atoms with Gasteiger partial charge in [-0.3, -0.25) is 9.59 Å². The number of primary amides is 1. The van der Waals surface area contributed by atoms with E-state index in [1.54, 1.807) is 30.3 Å². The summed E-state index contributed by atoms with van der Waals surface area (Å²) in [6.07, 6.45) is 1.37. The number of benzene rings is 3. The van der Waals surface area contributed by atoms with Crippen LogP contribution in [-0.4, -0.2) is 36.7 Å². The van der Waals surface area contributed by atoms with Crippen molar-refractivity contribution in [1.29, 1.82) is 0 Å². The second-order valence-corrected chi connectivity index (χ2v) is 12.8. The zero-order valence-electron chi connectivity index (χ0n) is 22.1. The van der Waals surface area contributed by atoms with Gasteiger partial charge in [0.15, 0.2) is 5.76 Å². The number of halogens is 2. The van der Waals surface area contributed by atoms with Gasteiger partial charge in [0.1, 0.15) is 11.6 Å². The van der Waals surface area contributed by atoms with Crippen LogP contribution in [0.5, 0.6) is 0 Å². The fourth-order valence-electron chi connectivity index (χ4n) is 4.57. The van der Waals surface area contributed by atoms with Gasteiger partial charge in [-0.25, -0.2) is 8.42 Å². The van der Waals surface area contributed by atoms with E-state index in [9.17, 15) is 18.0 Å². The lowest BCUT2D eigenvalue weighted by atomic mass is 10.0. The van der Waals surface area contributed by atoms with Crippen molar-refractivity contribution < 1.29 is 22.4 Å². The zero-order valence-corrected chi connectivity index (χ0v) is 24.5. The first-order valence-electron chi connectivity index (χ1n) is 12.4. The molecule has 1 heterocycles. The summed E-state index contributed by atoms with van der Waals surface area (Å²) in [7, 11) is -3.74. The summed E-state index contributed by atoms with van der Waals surface area (Å²) in [6, 6.07) is 16.2. The fraction of sp³-hybridized carbons (Fsp3) is 0.241. The highest BCUT2D eigenvalue weighted by atomic mass is 35.5. The van der Waals surface area contributed by atoms with E-state index < -0.39 is 27.8 Å². The van der Waals surface area contributed by atoms with Gasteiger partial charge < -0.3 is 15.9 Å². The van der Waals surface area contributed by atoms with Crippen LogP contribution in [0.1, 0.15) is 41.9 Å². The maximum absolute atomic E-state index is 13.1. The standard InChI is InChI=1S/C29H29Cl2N3O5S/c1-16(2)11-24(29(33)36)34(40(3,37)38)15-17-5-4-6-18(12-17)19-7-9-22-25(13-19)39-28(26(22)32)27(35)21-10-8-20(30)14-23(21)31/h4-10,12-14,16,24H,11,15,32H2,1-3H3,(H2,33,36)/t24-/m0/s1. The molecular weight excluding hydrogens is 573 g/mol. The minimum Gasteiger partial charge on any atom is -0.450 e. The maximum atomic E-state index is 13.1. The number of nitrogens with two attached hydrogens (primary N) is 2. The van der Waals surface area contributed by atoms with Crippen LogP contribution in [0, 0.1) is 5.92 Å². The van der Waals surface area contributed by atoms with E-state index in [-0.39, 0.29) is 34.5 Å². The van der Waals surface area contributed by atoms with Gasteiger partial charge in [-0.15, -0.1) is 0 Å². The molecule has 4 aromatic rings. The summed E-state index contributed by atoms with van der Waals surface area (Å²) in [5.41, 5.74) is 14.9. The van der Waals surface area contributed by atoms with Gasteiger partial charge in [0.05, 0.1) is 17.0 Å². The van der Waals surface area contributed by atoms with Crippen molar-refractivity contribution in [3.63, 3.8) is 0 Å². The first-order chi connectivity index (χ1) is 18.8. The Morgan fingerprint density at radius 3 is 2.33 bits per heavy atom. The Bertz CT molecular complexity index is 1720. The van der Waals surface area contributed by atoms with Crippen LogP contribution in [0.25, 0.3) is 22.1 Å². The van der Waals surface area contributed by atoms with Crippen LogP contribution in [0.3, 0.4) is 0 Å². The second kappa shape index (κ2) is 11.6. The normalized spacial score (nSPS) is 12.8. The number of sulfonamides is 1. The molecule has 1 aromatic heterocycles. The molecule has 0 aliphatic rings. The minimum atomic E-state index is -3.74. The molecule has 11 heteroatoms. The highest BCUT2D eigenvalue weighted by molar-refractivity contribution is 7.88. The largest absolute Gasteiger partial charge is 0.450 e. The topological polar surface area (TPSA) is 137 Å². The Balaban J connectivity index is 1.68. The molecule has 0 saturated carbocycles. The summed E-state index contributed by atoms with van der Waals surface area (Å²) >= 11 is 12.2. The molecule has 40 heavy (non-hydrogen) atoms. The molecule has 4 rings (SSSR count). The average molecular weight is 603 g/mol. The van der Waals surface area contributed by atoms with Gasteiger partial charge in [-0.1, -0.05) is 61.3 Å². The SMILES string of the molecule is CC(C)C[C@@H](C(N)=O)N(Cc1cccc(-c2ccc3c(N)c(C(=O)c4ccc(Cl)cc4Cl)oc3c2)c1)S(C)(=O)=O. The molecule has 8 nitrogen and oxygen atoms in total. The molecule has 0 spiro atoms. The molecular formula is C29H29Cl2N3O5S. The highest BCUT2D eigenvalue weighted by Crippen LogP contribution is 2.35. The molecule has 0 aliphatic heterocycles. The lowest BCUT2D eigenvalue weighted by molar-refractivity contribution is -0.122. The zero-order chi connectivity index (χ0) is 29.4. The number of hydrogen-bond acceptors (Lipinski definition) is 6. The van der Waals surface area contributed by atoms with Gasteiger partial charge in [-0.2, -0.15) is 4.31 Å². The summed E-state index contributed by atoms with van der Waals surface area (Å²) < 4.78 is 32.3. The first kappa shape index (κ1) is 29.6.